The second-order valence-electron chi connectivity index (χ2n) is 5.01. The van der Waals surface area contributed by atoms with E-state index in [9.17, 15) is 9.59 Å². The fourth-order valence-electron chi connectivity index (χ4n) is 2.19. The van der Waals surface area contributed by atoms with Crippen LogP contribution < -0.4 is 11.1 Å². The minimum Gasteiger partial charge on any atom is -0.366 e. The van der Waals surface area contributed by atoms with Crippen molar-refractivity contribution in [2.75, 3.05) is 5.32 Å². The van der Waals surface area contributed by atoms with Crippen LogP contribution in [-0.2, 0) is 0 Å². The minimum absolute atomic E-state index is 0.262. The molecule has 0 spiro atoms. The Kier molecular flexibility index (Phi) is 4.35. The zero-order valence-electron chi connectivity index (χ0n) is 12.8. The highest BCUT2D eigenvalue weighted by molar-refractivity contribution is 7.17. The fraction of sp³-hybridized carbons (Fsp3) is 0.0588. The Labute approximate surface area is 142 Å². The van der Waals surface area contributed by atoms with Gasteiger partial charge in [-0.2, -0.15) is 0 Å². The maximum absolute atomic E-state index is 12.5. The number of anilines is 1. The van der Waals surface area contributed by atoms with Crippen molar-refractivity contribution in [3.63, 3.8) is 0 Å². The first-order valence-corrected chi connectivity index (χ1v) is 7.97. The number of rotatable bonds is 4. The van der Waals surface area contributed by atoms with Crippen molar-refractivity contribution in [3.8, 4) is 10.7 Å². The molecule has 2 aromatic heterocycles. The van der Waals surface area contributed by atoms with Crippen LogP contribution in [0.5, 0.6) is 0 Å². The first-order chi connectivity index (χ1) is 11.6. The number of nitrogens with two attached hydrogens (primary N) is 1. The molecular formula is C17H14N4O2S. The number of thiazole rings is 1. The average molecular weight is 338 g/mol. The first-order valence-electron chi connectivity index (χ1n) is 7.15. The van der Waals surface area contributed by atoms with Crippen LogP contribution in [0.3, 0.4) is 0 Å². The molecule has 2 amide bonds. The second kappa shape index (κ2) is 6.59. The Hall–Kier alpha value is -3.06. The Bertz CT molecular complexity index is 906. The number of aromatic nitrogens is 2. The Morgan fingerprint density at radius 3 is 2.58 bits per heavy atom. The van der Waals surface area contributed by atoms with Gasteiger partial charge in [0.2, 0.25) is 0 Å². The molecule has 2 heterocycles. The highest BCUT2D eigenvalue weighted by Gasteiger charge is 2.18. The summed E-state index contributed by atoms with van der Waals surface area (Å²) in [6.07, 6.45) is 1.68. The lowest BCUT2D eigenvalue weighted by molar-refractivity contribution is 0.100. The van der Waals surface area contributed by atoms with Crippen molar-refractivity contribution in [1.29, 1.82) is 0 Å². The molecule has 0 aliphatic carbocycles. The van der Waals surface area contributed by atoms with Gasteiger partial charge in [0.15, 0.2) is 0 Å². The summed E-state index contributed by atoms with van der Waals surface area (Å²) < 4.78 is 0. The van der Waals surface area contributed by atoms with Crippen LogP contribution in [0.1, 0.15) is 25.7 Å². The molecule has 24 heavy (non-hydrogen) atoms. The van der Waals surface area contributed by atoms with E-state index in [-0.39, 0.29) is 11.5 Å². The van der Waals surface area contributed by atoms with Crippen LogP contribution in [0, 0.1) is 6.92 Å². The molecule has 3 N–H and O–H groups in total. The topological polar surface area (TPSA) is 98.0 Å². The largest absolute Gasteiger partial charge is 0.366 e. The smallest absolute Gasteiger partial charge is 0.267 e. The third-order valence-corrected chi connectivity index (χ3v) is 4.51. The molecule has 0 bridgehead atoms. The van der Waals surface area contributed by atoms with Crippen molar-refractivity contribution in [1.82, 2.24) is 9.97 Å². The summed E-state index contributed by atoms with van der Waals surface area (Å²) in [6, 6.07) is 12.1. The number of benzene rings is 1. The molecule has 0 aliphatic heterocycles. The summed E-state index contributed by atoms with van der Waals surface area (Å²) in [5, 5.41) is 3.39. The fourth-order valence-corrected chi connectivity index (χ4v) is 3.13. The van der Waals surface area contributed by atoms with Crippen LogP contribution >= 0.6 is 11.3 Å². The summed E-state index contributed by atoms with van der Waals surface area (Å²) in [4.78, 5) is 33.1. The summed E-state index contributed by atoms with van der Waals surface area (Å²) in [7, 11) is 0. The highest BCUT2D eigenvalue weighted by Crippen LogP contribution is 2.27. The molecule has 0 saturated carbocycles. The normalized spacial score (nSPS) is 10.4. The molecule has 0 saturated heterocycles. The Morgan fingerprint density at radius 2 is 1.88 bits per heavy atom. The van der Waals surface area contributed by atoms with Gasteiger partial charge in [-0.15, -0.1) is 11.3 Å². The number of hydrogen-bond acceptors (Lipinski definition) is 5. The molecule has 3 aromatic rings. The molecule has 0 radical (unpaired) electrons. The van der Waals surface area contributed by atoms with E-state index in [1.54, 1.807) is 37.4 Å². The first kappa shape index (κ1) is 15.8. The summed E-state index contributed by atoms with van der Waals surface area (Å²) in [5.74, 6) is -0.929. The van der Waals surface area contributed by atoms with E-state index in [0.717, 1.165) is 0 Å². The third-order valence-electron chi connectivity index (χ3n) is 3.33. The van der Waals surface area contributed by atoms with Crippen LogP contribution in [-0.4, -0.2) is 21.8 Å². The number of nitrogens with one attached hydrogen (secondary N) is 1. The monoisotopic (exact) mass is 338 g/mol. The molecule has 0 atom stereocenters. The average Bonchev–Trinajstić information content (AvgIpc) is 2.98. The van der Waals surface area contributed by atoms with Gasteiger partial charge in [-0.1, -0.05) is 18.2 Å². The molecule has 7 heteroatoms. The quantitative estimate of drug-likeness (QED) is 0.764. The van der Waals surface area contributed by atoms with E-state index < -0.39 is 5.91 Å². The number of para-hydroxylation sites is 1. The van der Waals surface area contributed by atoms with Crippen LogP contribution in [0.4, 0.5) is 5.69 Å². The number of nitrogens with zero attached hydrogens (tertiary/aromatic N) is 2. The molecule has 6 nitrogen and oxygen atoms in total. The second-order valence-corrected chi connectivity index (χ2v) is 6.01. The van der Waals surface area contributed by atoms with Crippen molar-refractivity contribution in [2.24, 2.45) is 5.73 Å². The van der Waals surface area contributed by atoms with Crippen molar-refractivity contribution >= 4 is 28.8 Å². The number of carbonyl (C=O) groups excluding carboxylic acids is 2. The molecule has 0 unspecified atom stereocenters. The maximum Gasteiger partial charge on any atom is 0.267 e. The van der Waals surface area contributed by atoms with Gasteiger partial charge in [0.25, 0.3) is 11.8 Å². The van der Waals surface area contributed by atoms with E-state index in [1.807, 2.05) is 18.2 Å². The zero-order chi connectivity index (χ0) is 17.1. The molecule has 1 aromatic carbocycles. The molecule has 3 rings (SSSR count). The molecule has 0 aliphatic rings. The SMILES string of the molecule is Cc1nc(-c2ccccn2)sc1C(=O)Nc1ccccc1C(N)=O. The lowest BCUT2D eigenvalue weighted by Gasteiger charge is -2.07. The lowest BCUT2D eigenvalue weighted by atomic mass is 10.1. The van der Waals surface area contributed by atoms with E-state index >= 15 is 0 Å². The van der Waals surface area contributed by atoms with Gasteiger partial charge < -0.3 is 11.1 Å². The van der Waals surface area contributed by atoms with Crippen LogP contribution in [0.2, 0.25) is 0 Å². The lowest BCUT2D eigenvalue weighted by Crippen LogP contribution is -2.18. The van der Waals surface area contributed by atoms with E-state index in [1.165, 1.54) is 11.3 Å². The predicted octanol–water partition coefficient (Wildman–Crippen LogP) is 2.86. The van der Waals surface area contributed by atoms with Crippen LogP contribution in [0.25, 0.3) is 10.7 Å². The molecular weight excluding hydrogens is 324 g/mol. The van der Waals surface area contributed by atoms with E-state index in [0.29, 0.717) is 27.0 Å². The van der Waals surface area contributed by atoms with Gasteiger partial charge in [-0.25, -0.2) is 4.98 Å². The van der Waals surface area contributed by atoms with Gasteiger partial charge in [0.05, 0.1) is 22.6 Å². The number of aryl methyl sites for hydroxylation is 1. The van der Waals surface area contributed by atoms with E-state index in [2.05, 4.69) is 15.3 Å². The van der Waals surface area contributed by atoms with Gasteiger partial charge in [0, 0.05) is 6.20 Å². The van der Waals surface area contributed by atoms with Crippen molar-refractivity contribution < 1.29 is 9.59 Å². The molecule has 120 valence electrons. The number of amides is 2. The van der Waals surface area contributed by atoms with Gasteiger partial charge >= 0.3 is 0 Å². The predicted molar refractivity (Wildman–Crippen MR) is 93.0 cm³/mol. The minimum atomic E-state index is -0.596. The zero-order valence-corrected chi connectivity index (χ0v) is 13.6. The summed E-state index contributed by atoms with van der Waals surface area (Å²) in [6.45, 7) is 1.76. The Morgan fingerprint density at radius 1 is 1.12 bits per heavy atom. The number of primary amides is 1. The highest BCUT2D eigenvalue weighted by atomic mass is 32.1. The summed E-state index contributed by atoms with van der Waals surface area (Å²) >= 11 is 1.25. The third kappa shape index (κ3) is 3.16. The van der Waals surface area contributed by atoms with E-state index in [4.69, 9.17) is 5.73 Å². The van der Waals surface area contributed by atoms with Crippen LogP contribution in [0.15, 0.2) is 48.7 Å². The Balaban J connectivity index is 1.89. The summed E-state index contributed by atoms with van der Waals surface area (Å²) in [5.41, 5.74) is 7.29. The number of pyridine rings is 1. The van der Waals surface area contributed by atoms with Gasteiger partial charge in [-0.3, -0.25) is 14.6 Å². The number of hydrogen-bond donors (Lipinski definition) is 2. The van der Waals surface area contributed by atoms with Gasteiger partial charge in [-0.05, 0) is 31.2 Å². The standard InChI is InChI=1S/C17H14N4O2S/c1-10-14(24-17(20-10)13-8-4-5-9-19-13)16(23)21-12-7-3-2-6-11(12)15(18)22/h2-9H,1H3,(H2,18,22)(H,21,23). The van der Waals surface area contributed by atoms with Crippen molar-refractivity contribution in [3.05, 3.63) is 64.8 Å². The van der Waals surface area contributed by atoms with Crippen molar-refractivity contribution in [2.45, 2.75) is 6.92 Å². The van der Waals surface area contributed by atoms with Gasteiger partial charge in [0.1, 0.15) is 9.88 Å². The number of carbonyl (C=O) groups is 2. The molecule has 0 fully saturated rings. The maximum atomic E-state index is 12.5.